The van der Waals surface area contributed by atoms with Gasteiger partial charge in [-0.2, -0.15) is 0 Å². The third kappa shape index (κ3) is 3.04. The molecule has 0 saturated carbocycles. The summed E-state index contributed by atoms with van der Waals surface area (Å²) in [6.45, 7) is 12.5. The number of rotatable bonds is 1. The van der Waals surface area contributed by atoms with Crippen LogP contribution in [0, 0.1) is 5.41 Å². The Kier molecular flexibility index (Phi) is 2.94. The molecule has 1 unspecified atom stereocenters. The van der Waals surface area contributed by atoms with Crippen LogP contribution in [0.3, 0.4) is 0 Å². The van der Waals surface area contributed by atoms with Crippen LogP contribution in [0.1, 0.15) is 27.7 Å². The van der Waals surface area contributed by atoms with Gasteiger partial charge in [-0.3, -0.25) is 0 Å². The van der Waals surface area contributed by atoms with Crippen molar-refractivity contribution in [2.75, 3.05) is 0 Å². The molecule has 0 rings (SSSR count). The molecule has 0 radical (unpaired) electrons. The standard InChI is InChI=1S/C8H15Br/c1-6(2)7(9)8(3,4)5/h7H,1H2,2-5H3. The van der Waals surface area contributed by atoms with Crippen LogP contribution in [-0.4, -0.2) is 4.83 Å². The van der Waals surface area contributed by atoms with E-state index in [-0.39, 0.29) is 0 Å². The van der Waals surface area contributed by atoms with Gasteiger partial charge in [0.25, 0.3) is 0 Å². The second kappa shape index (κ2) is 2.87. The van der Waals surface area contributed by atoms with Crippen molar-refractivity contribution in [3.63, 3.8) is 0 Å². The van der Waals surface area contributed by atoms with E-state index in [4.69, 9.17) is 0 Å². The monoisotopic (exact) mass is 190 g/mol. The lowest BCUT2D eigenvalue weighted by Crippen LogP contribution is -2.20. The molecule has 0 amide bonds. The lowest BCUT2D eigenvalue weighted by molar-refractivity contribution is 0.428. The molecule has 0 fully saturated rings. The predicted octanol–water partition coefficient (Wildman–Crippen LogP) is 3.37. The molecule has 0 bridgehead atoms. The summed E-state index contributed by atoms with van der Waals surface area (Å²) < 4.78 is 0. The van der Waals surface area contributed by atoms with E-state index in [0.717, 1.165) is 0 Å². The zero-order valence-corrected chi connectivity index (χ0v) is 8.25. The number of hydrogen-bond donors (Lipinski definition) is 0. The van der Waals surface area contributed by atoms with Crippen LogP contribution in [0.25, 0.3) is 0 Å². The maximum Gasteiger partial charge on any atom is 0.0397 e. The summed E-state index contributed by atoms with van der Waals surface area (Å²) in [7, 11) is 0. The lowest BCUT2D eigenvalue weighted by atomic mass is 9.89. The van der Waals surface area contributed by atoms with Crippen LogP contribution in [-0.2, 0) is 0 Å². The van der Waals surface area contributed by atoms with Crippen LogP contribution in [0.15, 0.2) is 12.2 Å². The van der Waals surface area contributed by atoms with E-state index in [0.29, 0.717) is 10.2 Å². The Bertz CT molecular complexity index is 108. The molecular formula is C8H15Br. The number of halogens is 1. The van der Waals surface area contributed by atoms with E-state index in [9.17, 15) is 0 Å². The van der Waals surface area contributed by atoms with Crippen molar-refractivity contribution >= 4 is 15.9 Å². The summed E-state index contributed by atoms with van der Waals surface area (Å²) in [6.07, 6.45) is 0. The highest BCUT2D eigenvalue weighted by atomic mass is 79.9. The van der Waals surface area contributed by atoms with Gasteiger partial charge in [-0.05, 0) is 12.3 Å². The Morgan fingerprint density at radius 2 is 1.78 bits per heavy atom. The van der Waals surface area contributed by atoms with Crippen LogP contribution in [0.4, 0.5) is 0 Å². The summed E-state index contributed by atoms with van der Waals surface area (Å²) >= 11 is 3.56. The minimum atomic E-state index is 0.297. The van der Waals surface area contributed by atoms with Crippen molar-refractivity contribution in [1.82, 2.24) is 0 Å². The van der Waals surface area contributed by atoms with Crippen LogP contribution < -0.4 is 0 Å². The average Bonchev–Trinajstić information content (AvgIpc) is 1.62. The van der Waals surface area contributed by atoms with Gasteiger partial charge in [-0.15, -0.1) is 0 Å². The molecule has 0 aromatic heterocycles. The van der Waals surface area contributed by atoms with Gasteiger partial charge < -0.3 is 0 Å². The molecule has 0 aliphatic heterocycles. The van der Waals surface area contributed by atoms with Crippen LogP contribution in [0.2, 0.25) is 0 Å². The zero-order valence-electron chi connectivity index (χ0n) is 6.66. The summed E-state index contributed by atoms with van der Waals surface area (Å²) in [4.78, 5) is 0.435. The molecule has 54 valence electrons. The Labute approximate surface area is 66.5 Å². The van der Waals surface area contributed by atoms with Gasteiger partial charge in [-0.25, -0.2) is 0 Å². The SMILES string of the molecule is C=C(C)C(Br)C(C)(C)C. The molecule has 9 heavy (non-hydrogen) atoms. The topological polar surface area (TPSA) is 0 Å². The molecule has 0 nitrogen and oxygen atoms in total. The maximum absolute atomic E-state index is 3.87. The third-order valence-electron chi connectivity index (χ3n) is 1.19. The highest BCUT2D eigenvalue weighted by molar-refractivity contribution is 9.09. The van der Waals surface area contributed by atoms with Crippen molar-refractivity contribution in [1.29, 1.82) is 0 Å². The first-order chi connectivity index (χ1) is 3.85. The molecular weight excluding hydrogens is 176 g/mol. The second-order valence-corrected chi connectivity index (χ2v) is 4.49. The Morgan fingerprint density at radius 1 is 1.44 bits per heavy atom. The summed E-state index contributed by atoms with van der Waals surface area (Å²) in [5.41, 5.74) is 1.49. The molecule has 0 heterocycles. The molecule has 1 heteroatoms. The smallest absolute Gasteiger partial charge is 0.0397 e. The van der Waals surface area contributed by atoms with Crippen molar-refractivity contribution in [3.05, 3.63) is 12.2 Å². The molecule has 0 aromatic carbocycles. The third-order valence-corrected chi connectivity index (χ3v) is 3.35. The molecule has 0 spiro atoms. The van der Waals surface area contributed by atoms with Gasteiger partial charge in [0.2, 0.25) is 0 Å². The Hall–Kier alpha value is 0.220. The normalized spacial score (nSPS) is 15.2. The van der Waals surface area contributed by atoms with Crippen molar-refractivity contribution in [2.24, 2.45) is 5.41 Å². The van der Waals surface area contributed by atoms with Gasteiger partial charge in [0.1, 0.15) is 0 Å². The minimum Gasteiger partial charge on any atom is -0.0990 e. The Balaban J connectivity index is 4.04. The van der Waals surface area contributed by atoms with Crippen molar-refractivity contribution < 1.29 is 0 Å². The fraction of sp³-hybridized carbons (Fsp3) is 0.750. The average molecular weight is 191 g/mol. The van der Waals surface area contributed by atoms with Gasteiger partial charge >= 0.3 is 0 Å². The molecule has 0 aromatic rings. The van der Waals surface area contributed by atoms with E-state index in [1.807, 2.05) is 6.92 Å². The number of hydrogen-bond acceptors (Lipinski definition) is 0. The molecule has 0 N–H and O–H groups in total. The fourth-order valence-corrected chi connectivity index (χ4v) is 0.739. The molecule has 0 aliphatic carbocycles. The lowest BCUT2D eigenvalue weighted by Gasteiger charge is -2.25. The van der Waals surface area contributed by atoms with Gasteiger partial charge in [0.15, 0.2) is 0 Å². The summed E-state index contributed by atoms with van der Waals surface area (Å²) in [6, 6.07) is 0. The fourth-order valence-electron chi connectivity index (χ4n) is 0.739. The minimum absolute atomic E-state index is 0.297. The van der Waals surface area contributed by atoms with E-state index < -0.39 is 0 Å². The van der Waals surface area contributed by atoms with E-state index in [2.05, 4.69) is 43.3 Å². The summed E-state index contributed by atoms with van der Waals surface area (Å²) in [5, 5.41) is 0. The molecule has 0 saturated heterocycles. The first-order valence-corrected chi connectivity index (χ1v) is 4.06. The molecule has 1 atom stereocenters. The van der Waals surface area contributed by atoms with Crippen LogP contribution in [0.5, 0.6) is 0 Å². The Morgan fingerprint density at radius 3 is 1.78 bits per heavy atom. The first kappa shape index (κ1) is 9.22. The van der Waals surface area contributed by atoms with Crippen molar-refractivity contribution in [2.45, 2.75) is 32.5 Å². The number of allylic oxidation sites excluding steroid dienone is 1. The van der Waals surface area contributed by atoms with E-state index in [1.54, 1.807) is 0 Å². The molecule has 0 aliphatic rings. The quantitative estimate of drug-likeness (QED) is 0.440. The second-order valence-electron chi connectivity index (χ2n) is 3.57. The number of alkyl halides is 1. The van der Waals surface area contributed by atoms with Gasteiger partial charge in [0.05, 0.1) is 0 Å². The maximum atomic E-state index is 3.87. The first-order valence-electron chi connectivity index (χ1n) is 3.15. The summed E-state index contributed by atoms with van der Waals surface area (Å²) in [5.74, 6) is 0. The van der Waals surface area contributed by atoms with E-state index >= 15 is 0 Å². The highest BCUT2D eigenvalue weighted by Crippen LogP contribution is 2.30. The zero-order chi connectivity index (χ0) is 7.65. The van der Waals surface area contributed by atoms with E-state index in [1.165, 1.54) is 5.57 Å². The van der Waals surface area contributed by atoms with Crippen molar-refractivity contribution in [3.8, 4) is 0 Å². The van der Waals surface area contributed by atoms with Gasteiger partial charge in [-0.1, -0.05) is 48.9 Å². The van der Waals surface area contributed by atoms with Crippen LogP contribution >= 0.6 is 15.9 Å². The predicted molar refractivity (Wildman–Crippen MR) is 47.0 cm³/mol. The van der Waals surface area contributed by atoms with Gasteiger partial charge in [0, 0.05) is 4.83 Å². The highest BCUT2D eigenvalue weighted by Gasteiger charge is 2.21. The largest absolute Gasteiger partial charge is 0.0990 e.